The van der Waals surface area contributed by atoms with Crippen LogP contribution < -0.4 is 0 Å². The fourth-order valence-corrected chi connectivity index (χ4v) is 11.1. The average molecular weight is 865 g/mol. The van der Waals surface area contributed by atoms with Crippen LogP contribution >= 0.6 is 0 Å². The molecule has 0 aliphatic rings. The van der Waals surface area contributed by atoms with Crippen LogP contribution in [0.2, 0.25) is 0 Å². The molecule has 14 aromatic rings. The van der Waals surface area contributed by atoms with Crippen molar-refractivity contribution in [3.8, 4) is 46.0 Å². The Kier molecular flexibility index (Phi) is 8.01. The number of nitriles is 2. The molecule has 10 aromatic carbocycles. The van der Waals surface area contributed by atoms with E-state index in [4.69, 9.17) is 0 Å². The molecule has 6 nitrogen and oxygen atoms in total. The highest BCUT2D eigenvalue weighted by molar-refractivity contribution is 6.21. The van der Waals surface area contributed by atoms with Gasteiger partial charge in [0.25, 0.3) is 0 Å². The minimum absolute atomic E-state index is 0.548. The number of rotatable bonds is 5. The van der Waals surface area contributed by atoms with Crippen LogP contribution in [0, 0.1) is 22.7 Å². The highest BCUT2D eigenvalue weighted by atomic mass is 15.0. The lowest BCUT2D eigenvalue weighted by atomic mass is 9.99. The van der Waals surface area contributed by atoms with Gasteiger partial charge < -0.3 is 18.3 Å². The van der Waals surface area contributed by atoms with Gasteiger partial charge in [0.1, 0.15) is 11.6 Å². The number of benzene rings is 10. The molecule has 0 bridgehead atoms. The van der Waals surface area contributed by atoms with Crippen molar-refractivity contribution in [2.24, 2.45) is 0 Å². The lowest BCUT2D eigenvalue weighted by molar-refractivity contribution is 1.12. The Labute approximate surface area is 389 Å². The monoisotopic (exact) mass is 864 g/mol. The smallest absolute Gasteiger partial charge is 0.104 e. The molecule has 314 valence electrons. The molecule has 14 rings (SSSR count). The van der Waals surface area contributed by atoms with Crippen molar-refractivity contribution < 1.29 is 0 Å². The number of hydrogen-bond donors (Lipinski definition) is 0. The second-order valence-electron chi connectivity index (χ2n) is 17.5. The van der Waals surface area contributed by atoms with Crippen molar-refractivity contribution in [1.82, 2.24) is 18.3 Å². The Morgan fingerprint density at radius 3 is 0.971 bits per heavy atom. The van der Waals surface area contributed by atoms with Gasteiger partial charge in [0.2, 0.25) is 0 Å². The van der Waals surface area contributed by atoms with Crippen LogP contribution in [0.15, 0.2) is 218 Å². The number of fused-ring (bicyclic) bond motifs is 12. The van der Waals surface area contributed by atoms with E-state index < -0.39 is 0 Å². The van der Waals surface area contributed by atoms with Gasteiger partial charge in [-0.2, -0.15) is 10.5 Å². The summed E-state index contributed by atoms with van der Waals surface area (Å²) in [5.74, 6) is 0. The fraction of sp³-hybridized carbons (Fsp3) is 0. The minimum Gasteiger partial charge on any atom is -0.309 e. The standard InChI is InChI=1S/C62H36N6/c63-37-39-27-29-40(30-28-39)41-31-57(67-55-25-13-9-21-46(55)50-33-59-48(35-61(50)67)44-19-7-11-23-53(44)65(59)42-15-3-1-4-16-42)52(38-64)58(32-41)68-56-26-14-10-22-47(56)51-34-60-49(36-62(51)68)45-20-8-12-24-54(45)66(60)43-17-5-2-6-18-43/h1-36H. The van der Waals surface area contributed by atoms with Gasteiger partial charge in [-0.25, -0.2) is 0 Å². The second kappa shape index (κ2) is 14.4. The number of aromatic nitrogens is 4. The van der Waals surface area contributed by atoms with E-state index in [1.54, 1.807) is 0 Å². The maximum atomic E-state index is 11.8. The van der Waals surface area contributed by atoms with Gasteiger partial charge in [0, 0.05) is 54.5 Å². The Morgan fingerprint density at radius 1 is 0.265 bits per heavy atom. The van der Waals surface area contributed by atoms with Gasteiger partial charge in [-0.1, -0.05) is 121 Å². The molecular formula is C62H36N6. The maximum Gasteiger partial charge on any atom is 0.104 e. The van der Waals surface area contributed by atoms with Crippen LogP contribution in [0.25, 0.3) is 121 Å². The molecule has 4 heterocycles. The van der Waals surface area contributed by atoms with E-state index in [1.165, 1.54) is 0 Å². The van der Waals surface area contributed by atoms with E-state index in [2.05, 4.69) is 225 Å². The quantitative estimate of drug-likeness (QED) is 0.173. The normalized spacial score (nSPS) is 11.8. The number of nitrogens with zero attached hydrogens (tertiary/aromatic N) is 6. The number of para-hydroxylation sites is 6. The lowest BCUT2D eigenvalue weighted by Gasteiger charge is -2.18. The minimum atomic E-state index is 0.548. The maximum absolute atomic E-state index is 11.8. The van der Waals surface area contributed by atoms with Gasteiger partial charge in [-0.05, 0) is 108 Å². The van der Waals surface area contributed by atoms with Crippen molar-refractivity contribution >= 4 is 87.2 Å². The van der Waals surface area contributed by atoms with Gasteiger partial charge in [0.15, 0.2) is 0 Å². The fourth-order valence-electron chi connectivity index (χ4n) is 11.1. The van der Waals surface area contributed by atoms with Gasteiger partial charge in [-0.15, -0.1) is 0 Å². The third-order valence-corrected chi connectivity index (χ3v) is 14.0. The summed E-state index contributed by atoms with van der Waals surface area (Å²) < 4.78 is 9.31. The van der Waals surface area contributed by atoms with E-state index >= 15 is 0 Å². The molecule has 0 unspecified atom stereocenters. The van der Waals surface area contributed by atoms with E-state index in [0.29, 0.717) is 11.1 Å². The molecule has 0 aliphatic carbocycles. The summed E-state index contributed by atoms with van der Waals surface area (Å²) in [6, 6.07) is 81.9. The summed E-state index contributed by atoms with van der Waals surface area (Å²) >= 11 is 0. The molecule has 0 saturated heterocycles. The lowest BCUT2D eigenvalue weighted by Crippen LogP contribution is -2.05. The molecule has 0 radical (unpaired) electrons. The van der Waals surface area contributed by atoms with Crippen molar-refractivity contribution in [1.29, 1.82) is 10.5 Å². The first kappa shape index (κ1) is 37.7. The molecule has 68 heavy (non-hydrogen) atoms. The number of hydrogen-bond acceptors (Lipinski definition) is 2. The summed E-state index contributed by atoms with van der Waals surface area (Å²) in [5, 5.41) is 30.6. The van der Waals surface area contributed by atoms with Crippen molar-refractivity contribution in [3.63, 3.8) is 0 Å². The summed E-state index contributed by atoms with van der Waals surface area (Å²) in [6.45, 7) is 0. The molecule has 0 spiro atoms. The molecule has 0 amide bonds. The SMILES string of the molecule is N#Cc1ccc(-c2cc(-n3c4ccccc4c4cc5c(cc43)c3ccccc3n5-c3ccccc3)c(C#N)c(-n3c4ccccc4c4cc5c(cc43)c3ccccc3n5-c3ccccc3)c2)cc1. The van der Waals surface area contributed by atoms with Gasteiger partial charge in [0.05, 0.1) is 67.1 Å². The molecule has 0 N–H and O–H groups in total. The Bertz CT molecular complexity index is 4240. The van der Waals surface area contributed by atoms with Crippen molar-refractivity contribution in [3.05, 3.63) is 230 Å². The molecule has 0 fully saturated rings. The van der Waals surface area contributed by atoms with Crippen LogP contribution in [0.3, 0.4) is 0 Å². The van der Waals surface area contributed by atoms with Crippen LogP contribution in [-0.2, 0) is 0 Å². The highest BCUT2D eigenvalue weighted by Crippen LogP contribution is 2.44. The topological polar surface area (TPSA) is 67.3 Å². The first-order chi connectivity index (χ1) is 33.7. The summed E-state index contributed by atoms with van der Waals surface area (Å²) in [6.07, 6.45) is 0. The van der Waals surface area contributed by atoms with Crippen LogP contribution in [0.1, 0.15) is 11.1 Å². The van der Waals surface area contributed by atoms with E-state index in [-0.39, 0.29) is 0 Å². The first-order valence-corrected chi connectivity index (χ1v) is 22.8. The summed E-state index contributed by atoms with van der Waals surface area (Å²) in [7, 11) is 0. The zero-order valence-corrected chi connectivity index (χ0v) is 36.5. The second-order valence-corrected chi connectivity index (χ2v) is 17.5. The summed E-state index contributed by atoms with van der Waals surface area (Å²) in [4.78, 5) is 0. The van der Waals surface area contributed by atoms with E-state index in [9.17, 15) is 10.5 Å². The molecular weight excluding hydrogens is 829 g/mol. The average Bonchev–Trinajstić information content (AvgIpc) is 4.12. The highest BCUT2D eigenvalue weighted by Gasteiger charge is 2.25. The molecule has 6 heteroatoms. The third kappa shape index (κ3) is 5.31. The van der Waals surface area contributed by atoms with E-state index in [1.807, 2.05) is 24.3 Å². The van der Waals surface area contributed by atoms with Gasteiger partial charge >= 0.3 is 0 Å². The third-order valence-electron chi connectivity index (χ3n) is 14.0. The Hall–Kier alpha value is -9.62. The van der Waals surface area contributed by atoms with Crippen LogP contribution in [0.4, 0.5) is 0 Å². The van der Waals surface area contributed by atoms with Gasteiger partial charge in [-0.3, -0.25) is 0 Å². The van der Waals surface area contributed by atoms with Crippen molar-refractivity contribution in [2.45, 2.75) is 0 Å². The van der Waals surface area contributed by atoms with Crippen molar-refractivity contribution in [2.75, 3.05) is 0 Å². The molecule has 4 aromatic heterocycles. The summed E-state index contributed by atoms with van der Waals surface area (Å²) in [5.41, 5.74) is 15.3. The predicted molar refractivity (Wildman–Crippen MR) is 279 cm³/mol. The predicted octanol–water partition coefficient (Wildman–Crippen LogP) is 15.5. The largest absolute Gasteiger partial charge is 0.309 e. The first-order valence-electron chi connectivity index (χ1n) is 22.8. The Balaban J connectivity index is 1.12. The zero-order valence-electron chi connectivity index (χ0n) is 36.5. The molecule has 0 saturated carbocycles. The Morgan fingerprint density at radius 2 is 0.603 bits per heavy atom. The molecule has 0 atom stereocenters. The van der Waals surface area contributed by atoms with Crippen LogP contribution in [0.5, 0.6) is 0 Å². The zero-order chi connectivity index (χ0) is 45.0. The molecule has 0 aliphatic heterocycles. The van der Waals surface area contributed by atoms with Crippen LogP contribution in [-0.4, -0.2) is 18.3 Å². The van der Waals surface area contributed by atoms with E-state index in [0.717, 1.165) is 121 Å².